The minimum atomic E-state index is -1.26. The van der Waals surface area contributed by atoms with Crippen LogP contribution in [0.5, 0.6) is 0 Å². The Hall–Kier alpha value is -5.31. The van der Waals surface area contributed by atoms with Crippen molar-refractivity contribution in [2.45, 2.75) is 19.5 Å². The summed E-state index contributed by atoms with van der Waals surface area (Å²) in [7, 11) is 3.80. The van der Waals surface area contributed by atoms with Gasteiger partial charge in [0, 0.05) is 32.0 Å². The van der Waals surface area contributed by atoms with Gasteiger partial charge in [-0.05, 0) is 66.6 Å². The van der Waals surface area contributed by atoms with E-state index in [4.69, 9.17) is 0 Å². The van der Waals surface area contributed by atoms with Crippen molar-refractivity contribution in [2.24, 2.45) is 0 Å². The first-order chi connectivity index (χ1) is 20.6. The lowest BCUT2D eigenvalue weighted by Crippen LogP contribution is -2.46. The maximum Gasteiger partial charge on any atom is 0.299 e. The molecule has 0 aliphatic carbocycles. The Morgan fingerprint density at radius 1 is 0.884 bits per heavy atom. The molecule has 1 aliphatic rings. The van der Waals surface area contributed by atoms with Crippen LogP contribution in [0.15, 0.2) is 97.1 Å². The highest BCUT2D eigenvalue weighted by Crippen LogP contribution is 2.31. The van der Waals surface area contributed by atoms with Gasteiger partial charge in [0.2, 0.25) is 5.91 Å². The third kappa shape index (κ3) is 6.30. The summed E-state index contributed by atoms with van der Waals surface area (Å²) < 4.78 is 14.5. The minimum Gasteiger partial charge on any atom is -0.378 e. The summed E-state index contributed by atoms with van der Waals surface area (Å²) in [6.07, 6.45) is 0. The van der Waals surface area contributed by atoms with Crippen LogP contribution in [0.4, 0.5) is 21.5 Å². The summed E-state index contributed by atoms with van der Waals surface area (Å²) in [6.45, 7) is 1.44. The minimum absolute atomic E-state index is 0.00902. The van der Waals surface area contributed by atoms with E-state index in [1.165, 1.54) is 29.2 Å². The molecule has 4 aromatic carbocycles. The Bertz CT molecular complexity index is 1690. The quantitative estimate of drug-likeness (QED) is 0.278. The molecule has 0 bridgehead atoms. The average Bonchev–Trinajstić information content (AvgIpc) is 3.23. The summed E-state index contributed by atoms with van der Waals surface area (Å²) in [5, 5.41) is 2.87. The van der Waals surface area contributed by atoms with Gasteiger partial charge >= 0.3 is 0 Å². The Balaban J connectivity index is 1.54. The van der Waals surface area contributed by atoms with Crippen molar-refractivity contribution in [1.82, 2.24) is 4.90 Å². The molecule has 1 heterocycles. The number of hydrogen-bond donors (Lipinski definition) is 1. The number of para-hydroxylation sites is 1. The van der Waals surface area contributed by atoms with Crippen molar-refractivity contribution in [1.29, 1.82) is 0 Å². The Morgan fingerprint density at radius 3 is 2.26 bits per heavy atom. The molecule has 8 nitrogen and oxygen atoms in total. The summed E-state index contributed by atoms with van der Waals surface area (Å²) in [4.78, 5) is 58.1. The van der Waals surface area contributed by atoms with Crippen molar-refractivity contribution < 1.29 is 23.6 Å². The lowest BCUT2D eigenvalue weighted by Gasteiger charge is -2.33. The molecule has 0 spiro atoms. The van der Waals surface area contributed by atoms with E-state index in [2.05, 4.69) is 5.32 Å². The van der Waals surface area contributed by atoms with Crippen LogP contribution in [-0.4, -0.2) is 49.0 Å². The first-order valence-electron chi connectivity index (χ1n) is 13.8. The van der Waals surface area contributed by atoms with Crippen LogP contribution in [0.2, 0.25) is 0 Å². The molecule has 4 aromatic rings. The molecule has 43 heavy (non-hydrogen) atoms. The zero-order valence-corrected chi connectivity index (χ0v) is 24.1. The maximum atomic E-state index is 14.5. The topological polar surface area (TPSA) is 90.0 Å². The predicted molar refractivity (Wildman–Crippen MR) is 163 cm³/mol. The van der Waals surface area contributed by atoms with Crippen LogP contribution in [-0.2, 0) is 20.9 Å². The number of nitrogens with zero attached hydrogens (tertiary/aromatic N) is 3. The van der Waals surface area contributed by atoms with Gasteiger partial charge in [0.1, 0.15) is 18.4 Å². The smallest absolute Gasteiger partial charge is 0.299 e. The number of halogens is 1. The number of anilines is 3. The summed E-state index contributed by atoms with van der Waals surface area (Å²) >= 11 is 0. The predicted octanol–water partition coefficient (Wildman–Crippen LogP) is 5.14. The molecule has 0 saturated heterocycles. The van der Waals surface area contributed by atoms with Gasteiger partial charge in [-0.2, -0.15) is 0 Å². The number of rotatable bonds is 9. The second kappa shape index (κ2) is 12.3. The molecule has 0 aromatic heterocycles. The van der Waals surface area contributed by atoms with Crippen LogP contribution >= 0.6 is 0 Å². The van der Waals surface area contributed by atoms with Gasteiger partial charge in [-0.3, -0.25) is 24.1 Å². The molecule has 1 atom stereocenters. The van der Waals surface area contributed by atoms with Crippen molar-refractivity contribution in [3.05, 3.63) is 125 Å². The van der Waals surface area contributed by atoms with Gasteiger partial charge in [0.15, 0.2) is 0 Å². The second-order valence-corrected chi connectivity index (χ2v) is 10.6. The molecule has 9 heteroatoms. The fourth-order valence-electron chi connectivity index (χ4n) is 5.05. The lowest BCUT2D eigenvalue weighted by atomic mass is 10.0. The Kier molecular flexibility index (Phi) is 8.34. The molecule has 0 fully saturated rings. The average molecular weight is 579 g/mol. The third-order valence-corrected chi connectivity index (χ3v) is 7.34. The zero-order valence-electron chi connectivity index (χ0n) is 24.1. The maximum absolute atomic E-state index is 14.5. The SMILES string of the molecule is Cc1ccc(CN(C(=O)CN2C(=O)C(=O)c3ccccc32)C(C(=O)Nc2ccc(N(C)C)cc2)c2cccc(F)c2)cc1. The Morgan fingerprint density at radius 2 is 1.58 bits per heavy atom. The van der Waals surface area contributed by atoms with E-state index in [1.807, 2.05) is 62.3 Å². The number of nitrogens with one attached hydrogen (secondary N) is 1. The highest BCUT2D eigenvalue weighted by molar-refractivity contribution is 6.52. The van der Waals surface area contributed by atoms with E-state index in [-0.39, 0.29) is 17.7 Å². The lowest BCUT2D eigenvalue weighted by molar-refractivity contribution is -0.139. The van der Waals surface area contributed by atoms with Gasteiger partial charge in [0.05, 0.1) is 11.3 Å². The van der Waals surface area contributed by atoms with Gasteiger partial charge in [0.25, 0.3) is 17.6 Å². The van der Waals surface area contributed by atoms with Crippen LogP contribution in [0.1, 0.15) is 33.1 Å². The van der Waals surface area contributed by atoms with E-state index in [9.17, 15) is 23.6 Å². The second-order valence-electron chi connectivity index (χ2n) is 10.6. The van der Waals surface area contributed by atoms with Crippen molar-refractivity contribution in [3.63, 3.8) is 0 Å². The fraction of sp³-hybridized carbons (Fsp3) is 0.176. The highest BCUT2D eigenvalue weighted by atomic mass is 19.1. The van der Waals surface area contributed by atoms with Gasteiger partial charge in [-0.15, -0.1) is 0 Å². The van der Waals surface area contributed by atoms with Crippen LogP contribution in [0.25, 0.3) is 0 Å². The zero-order chi connectivity index (χ0) is 30.7. The fourth-order valence-corrected chi connectivity index (χ4v) is 5.05. The molecule has 1 N–H and O–H groups in total. The number of Topliss-reactive ketones (excluding diaryl/α,β-unsaturated/α-hetero) is 1. The molecular weight excluding hydrogens is 547 g/mol. The molecule has 5 rings (SSSR count). The number of hydrogen-bond acceptors (Lipinski definition) is 5. The molecule has 218 valence electrons. The standard InChI is InChI=1S/C34H31FN4O4/c1-22-11-13-23(14-12-22)20-39(30(40)21-38-29-10-5-4-9-28(29)32(41)34(38)43)31(24-7-6-8-25(35)19-24)33(42)36-26-15-17-27(18-16-26)37(2)3/h4-19,31H,20-21H2,1-3H3,(H,36,42). The largest absolute Gasteiger partial charge is 0.378 e. The number of benzene rings is 4. The molecule has 0 saturated carbocycles. The highest BCUT2D eigenvalue weighted by Gasteiger charge is 2.39. The summed E-state index contributed by atoms with van der Waals surface area (Å²) in [5.74, 6) is -3.24. The van der Waals surface area contributed by atoms with Crippen LogP contribution in [0.3, 0.4) is 0 Å². The van der Waals surface area contributed by atoms with Crippen LogP contribution < -0.4 is 15.1 Å². The van der Waals surface area contributed by atoms with Gasteiger partial charge < -0.3 is 15.1 Å². The number of carbonyl (C=O) groups is 4. The van der Waals surface area contributed by atoms with Gasteiger partial charge in [-0.1, -0.05) is 54.1 Å². The number of carbonyl (C=O) groups excluding carboxylic acids is 4. The van der Waals surface area contributed by atoms with E-state index >= 15 is 0 Å². The molecule has 1 unspecified atom stereocenters. The number of amides is 3. The summed E-state index contributed by atoms with van der Waals surface area (Å²) in [6, 6.07) is 25.4. The van der Waals surface area contributed by atoms with E-state index in [0.717, 1.165) is 21.7 Å². The van der Waals surface area contributed by atoms with Crippen molar-refractivity contribution in [2.75, 3.05) is 35.8 Å². The molecule has 1 aliphatic heterocycles. The Labute approximate surface area is 249 Å². The van der Waals surface area contributed by atoms with E-state index < -0.39 is 41.9 Å². The molecular formula is C34H31FN4O4. The third-order valence-electron chi connectivity index (χ3n) is 7.34. The number of fused-ring (bicyclic) bond motifs is 1. The van der Waals surface area contributed by atoms with Crippen molar-refractivity contribution >= 4 is 40.6 Å². The summed E-state index contributed by atoms with van der Waals surface area (Å²) in [5.41, 5.74) is 3.97. The first-order valence-corrected chi connectivity index (χ1v) is 13.8. The van der Waals surface area contributed by atoms with Crippen LogP contribution in [0, 0.1) is 12.7 Å². The number of ketones is 1. The first kappa shape index (κ1) is 29.2. The van der Waals surface area contributed by atoms with Gasteiger partial charge in [-0.25, -0.2) is 4.39 Å². The normalized spacial score (nSPS) is 13.0. The van der Waals surface area contributed by atoms with Crippen molar-refractivity contribution in [3.8, 4) is 0 Å². The van der Waals surface area contributed by atoms with E-state index in [0.29, 0.717) is 11.4 Å². The van der Waals surface area contributed by atoms with E-state index in [1.54, 1.807) is 36.4 Å². The number of aryl methyl sites for hydroxylation is 1. The monoisotopic (exact) mass is 578 g/mol. The molecule has 0 radical (unpaired) electrons. The molecule has 3 amide bonds.